The summed E-state index contributed by atoms with van der Waals surface area (Å²) in [6.45, 7) is 1.06. The fraction of sp³-hybridized carbons (Fsp3) is 0.684. The van der Waals surface area contributed by atoms with Gasteiger partial charge in [-0.1, -0.05) is 0 Å². The van der Waals surface area contributed by atoms with Gasteiger partial charge in [-0.3, -0.25) is 9.78 Å². The van der Waals surface area contributed by atoms with Crippen LogP contribution in [-0.4, -0.2) is 91.0 Å². The molecule has 30 heavy (non-hydrogen) atoms. The van der Waals surface area contributed by atoms with Crippen molar-refractivity contribution in [1.29, 1.82) is 0 Å². The molecule has 0 saturated carbocycles. The lowest BCUT2D eigenvalue weighted by Gasteiger charge is -2.28. The molecule has 9 nitrogen and oxygen atoms in total. The molecule has 4 heterocycles. The van der Waals surface area contributed by atoms with Crippen LogP contribution in [0.3, 0.4) is 0 Å². The monoisotopic (exact) mass is 443 g/mol. The fourth-order valence-corrected chi connectivity index (χ4v) is 5.39. The van der Waals surface area contributed by atoms with E-state index in [1.807, 2.05) is 0 Å². The van der Waals surface area contributed by atoms with Gasteiger partial charge in [0.15, 0.2) is 9.84 Å². The highest BCUT2D eigenvalue weighted by Gasteiger charge is 2.50. The molecule has 1 amide bonds. The lowest BCUT2D eigenvalue weighted by molar-refractivity contribution is -0.134. The van der Waals surface area contributed by atoms with Crippen molar-refractivity contribution in [1.82, 2.24) is 15.2 Å². The first-order valence-corrected chi connectivity index (χ1v) is 11.9. The second-order valence-electron chi connectivity index (χ2n) is 8.00. The number of nitrogens with zero attached hydrogens (tertiary/aromatic N) is 2. The lowest BCUT2D eigenvalue weighted by atomic mass is 10.1. The highest BCUT2D eigenvalue weighted by Crippen LogP contribution is 2.35. The van der Waals surface area contributed by atoms with Crippen LogP contribution in [-0.2, 0) is 30.7 Å². The SMILES string of the molecule is O=C(C[C@@H]1C[C@H]2O[C@H](CNCc3ccncc3F)[C@@H](O)[C@H]2O1)N1CCS(=O)(=O)CC1. The summed E-state index contributed by atoms with van der Waals surface area (Å²) in [7, 11) is -3.04. The highest BCUT2D eigenvalue weighted by molar-refractivity contribution is 7.91. The number of hydrogen-bond donors (Lipinski definition) is 2. The van der Waals surface area contributed by atoms with Gasteiger partial charge >= 0.3 is 0 Å². The Kier molecular flexibility index (Phi) is 6.35. The largest absolute Gasteiger partial charge is 0.388 e. The molecule has 0 bridgehead atoms. The van der Waals surface area contributed by atoms with Gasteiger partial charge in [0.25, 0.3) is 0 Å². The lowest BCUT2D eigenvalue weighted by Crippen LogP contribution is -2.44. The smallest absolute Gasteiger partial charge is 0.225 e. The molecule has 0 unspecified atom stereocenters. The van der Waals surface area contributed by atoms with Gasteiger partial charge in [-0.2, -0.15) is 0 Å². The second kappa shape index (κ2) is 8.83. The van der Waals surface area contributed by atoms with E-state index in [1.54, 1.807) is 11.0 Å². The summed E-state index contributed by atoms with van der Waals surface area (Å²) >= 11 is 0. The number of rotatable bonds is 6. The number of amides is 1. The van der Waals surface area contributed by atoms with E-state index in [0.29, 0.717) is 25.1 Å². The van der Waals surface area contributed by atoms with Crippen molar-refractivity contribution in [3.05, 3.63) is 29.8 Å². The zero-order valence-electron chi connectivity index (χ0n) is 16.4. The van der Waals surface area contributed by atoms with Gasteiger partial charge in [-0.05, 0) is 6.07 Å². The quantitative estimate of drug-likeness (QED) is 0.589. The maximum atomic E-state index is 13.6. The summed E-state index contributed by atoms with van der Waals surface area (Å²) in [5.41, 5.74) is 0.484. The maximum absolute atomic E-state index is 13.6. The Morgan fingerprint density at radius 1 is 1.33 bits per heavy atom. The number of halogens is 1. The number of nitrogens with one attached hydrogen (secondary N) is 1. The molecular weight excluding hydrogens is 417 g/mol. The summed E-state index contributed by atoms with van der Waals surface area (Å²) < 4.78 is 48.4. The van der Waals surface area contributed by atoms with Gasteiger partial charge < -0.3 is 24.8 Å². The van der Waals surface area contributed by atoms with Gasteiger partial charge in [0.05, 0.1) is 42.4 Å². The Morgan fingerprint density at radius 2 is 2.10 bits per heavy atom. The molecular formula is C19H26FN3O6S. The number of carbonyl (C=O) groups excluding carboxylic acids is 1. The molecule has 1 aromatic heterocycles. The van der Waals surface area contributed by atoms with E-state index in [9.17, 15) is 22.7 Å². The van der Waals surface area contributed by atoms with Crippen molar-refractivity contribution < 1.29 is 32.2 Å². The number of ether oxygens (including phenoxy) is 2. The number of aliphatic hydroxyl groups is 1. The third-order valence-corrected chi connectivity index (χ3v) is 7.50. The van der Waals surface area contributed by atoms with Crippen LogP contribution in [0.15, 0.2) is 18.5 Å². The van der Waals surface area contributed by atoms with E-state index in [0.717, 1.165) is 6.20 Å². The van der Waals surface area contributed by atoms with Crippen molar-refractivity contribution in [3.63, 3.8) is 0 Å². The van der Waals surface area contributed by atoms with Gasteiger partial charge in [0.1, 0.15) is 18.0 Å². The van der Waals surface area contributed by atoms with Crippen molar-refractivity contribution in [2.24, 2.45) is 0 Å². The van der Waals surface area contributed by atoms with Gasteiger partial charge in [-0.15, -0.1) is 0 Å². The molecule has 0 aliphatic carbocycles. The molecule has 0 aromatic carbocycles. The van der Waals surface area contributed by atoms with Crippen LogP contribution in [0.5, 0.6) is 0 Å². The third kappa shape index (κ3) is 4.80. The number of pyridine rings is 1. The van der Waals surface area contributed by atoms with Crippen LogP contribution >= 0.6 is 0 Å². The Balaban J connectivity index is 1.22. The minimum absolute atomic E-state index is 0.00455. The maximum Gasteiger partial charge on any atom is 0.225 e. The van der Waals surface area contributed by atoms with Crippen LogP contribution in [0.4, 0.5) is 4.39 Å². The number of sulfone groups is 1. The molecule has 1 aromatic rings. The molecule has 2 N–H and O–H groups in total. The summed E-state index contributed by atoms with van der Waals surface area (Å²) in [6.07, 6.45) is 0.823. The third-order valence-electron chi connectivity index (χ3n) is 5.90. The Morgan fingerprint density at radius 3 is 2.80 bits per heavy atom. The van der Waals surface area contributed by atoms with Gasteiger partial charge in [0, 0.05) is 44.4 Å². The molecule has 3 saturated heterocycles. The predicted octanol–water partition coefficient (Wildman–Crippen LogP) is -0.757. The van der Waals surface area contributed by atoms with Crippen LogP contribution in [0.25, 0.3) is 0 Å². The van der Waals surface area contributed by atoms with E-state index in [1.165, 1.54) is 6.20 Å². The van der Waals surface area contributed by atoms with E-state index in [-0.39, 0.29) is 49.1 Å². The Labute approximate surface area is 174 Å². The van der Waals surface area contributed by atoms with Crippen molar-refractivity contribution in [2.45, 2.75) is 49.9 Å². The molecule has 3 fully saturated rings. The first-order chi connectivity index (χ1) is 14.3. The second-order valence-corrected chi connectivity index (χ2v) is 10.3. The molecule has 4 rings (SSSR count). The van der Waals surface area contributed by atoms with Crippen molar-refractivity contribution >= 4 is 15.7 Å². The average Bonchev–Trinajstić information content (AvgIpc) is 3.22. The van der Waals surface area contributed by atoms with Crippen LogP contribution in [0.1, 0.15) is 18.4 Å². The standard InChI is InChI=1S/C19H26FN3O6S/c20-14-10-21-2-1-12(14)9-22-11-16-18(25)19-15(29-16)7-13(28-19)8-17(24)23-3-5-30(26,27)6-4-23/h1-2,10,13,15-16,18-19,22,25H,3-9,11H2/t13-,15+,16+,18+,19-/m0/s1. The number of hydrogen-bond acceptors (Lipinski definition) is 8. The normalized spacial score (nSPS) is 32.9. The van der Waals surface area contributed by atoms with Crippen LogP contribution in [0.2, 0.25) is 0 Å². The molecule has 3 aliphatic rings. The first-order valence-electron chi connectivity index (χ1n) is 10.1. The summed E-state index contributed by atoms with van der Waals surface area (Å²) in [6, 6.07) is 1.59. The first kappa shape index (κ1) is 21.6. The van der Waals surface area contributed by atoms with E-state index in [2.05, 4.69) is 10.3 Å². The Hall–Kier alpha value is -1.66. The van der Waals surface area contributed by atoms with E-state index < -0.39 is 34.0 Å². The minimum atomic E-state index is -3.04. The number of carbonyl (C=O) groups is 1. The zero-order valence-corrected chi connectivity index (χ0v) is 17.3. The molecule has 5 atom stereocenters. The predicted molar refractivity (Wildman–Crippen MR) is 104 cm³/mol. The molecule has 0 radical (unpaired) electrons. The average molecular weight is 443 g/mol. The molecule has 0 spiro atoms. The molecule has 166 valence electrons. The van der Waals surface area contributed by atoms with Crippen LogP contribution < -0.4 is 5.32 Å². The van der Waals surface area contributed by atoms with Gasteiger partial charge in [0.2, 0.25) is 5.91 Å². The number of aromatic nitrogens is 1. The highest BCUT2D eigenvalue weighted by atomic mass is 32.2. The number of fused-ring (bicyclic) bond motifs is 1. The van der Waals surface area contributed by atoms with Crippen molar-refractivity contribution in [3.8, 4) is 0 Å². The topological polar surface area (TPSA) is 118 Å². The molecule has 11 heteroatoms. The number of aliphatic hydroxyl groups excluding tert-OH is 1. The zero-order chi connectivity index (χ0) is 21.3. The van der Waals surface area contributed by atoms with Crippen LogP contribution in [0, 0.1) is 5.82 Å². The van der Waals surface area contributed by atoms with E-state index in [4.69, 9.17) is 9.47 Å². The summed E-state index contributed by atoms with van der Waals surface area (Å²) in [4.78, 5) is 17.7. The summed E-state index contributed by atoms with van der Waals surface area (Å²) in [5.74, 6) is -0.538. The Bertz CT molecular complexity index is 871. The van der Waals surface area contributed by atoms with E-state index >= 15 is 0 Å². The minimum Gasteiger partial charge on any atom is -0.388 e. The van der Waals surface area contributed by atoms with Crippen molar-refractivity contribution in [2.75, 3.05) is 31.1 Å². The fourth-order valence-electron chi connectivity index (χ4n) is 4.19. The molecule has 3 aliphatic heterocycles. The summed E-state index contributed by atoms with van der Waals surface area (Å²) in [5, 5.41) is 13.6. The van der Waals surface area contributed by atoms with Gasteiger partial charge in [-0.25, -0.2) is 12.8 Å².